The Morgan fingerprint density at radius 1 is 1.00 bits per heavy atom. The van der Waals surface area contributed by atoms with E-state index in [1.165, 1.54) is 36.8 Å². The Labute approximate surface area is 238 Å². The lowest BCUT2D eigenvalue weighted by atomic mass is 9.70. The smallest absolute Gasteiger partial charge is 0.227 e. The van der Waals surface area contributed by atoms with Crippen molar-refractivity contribution in [2.75, 3.05) is 19.6 Å². The minimum Gasteiger partial charge on any atom is -0.342 e. The topological polar surface area (TPSA) is 41.4 Å². The van der Waals surface area contributed by atoms with Crippen LogP contribution in [0.2, 0.25) is 5.02 Å². The Kier molecular flexibility index (Phi) is 7.04. The highest BCUT2D eigenvalue weighted by Gasteiger charge is 2.44. The molecule has 3 aliphatic heterocycles. The second-order valence-corrected chi connectivity index (χ2v) is 13.8. The first-order chi connectivity index (χ1) is 18.6. The SMILES string of the molecule is Cc1nc2ccccc2n1C1CC2CC[C@H](C1)N2CCC1(c2cccc(Cl)c2)CCN(C(=O)C(C)(C)C)CC1. The lowest BCUT2D eigenvalue weighted by molar-refractivity contribution is -0.141. The fourth-order valence-electron chi connectivity index (χ4n) is 7.90. The summed E-state index contributed by atoms with van der Waals surface area (Å²) in [6, 6.07) is 18.9. The summed E-state index contributed by atoms with van der Waals surface area (Å²) in [6.45, 7) is 11.0. The van der Waals surface area contributed by atoms with Gasteiger partial charge in [0.15, 0.2) is 0 Å². The first-order valence-electron chi connectivity index (χ1n) is 14.9. The molecular formula is C33H43ClN4O. The summed E-state index contributed by atoms with van der Waals surface area (Å²) in [6.07, 6.45) is 8.12. The molecule has 0 aliphatic carbocycles. The Hall–Kier alpha value is -2.37. The summed E-state index contributed by atoms with van der Waals surface area (Å²) in [7, 11) is 0. The van der Waals surface area contributed by atoms with Crippen LogP contribution in [-0.4, -0.2) is 57.0 Å². The van der Waals surface area contributed by atoms with Crippen molar-refractivity contribution in [3.05, 3.63) is 64.9 Å². The van der Waals surface area contributed by atoms with Crippen molar-refractivity contribution in [3.63, 3.8) is 0 Å². The van der Waals surface area contributed by atoms with Crippen LogP contribution < -0.4 is 0 Å². The number of imidazole rings is 1. The van der Waals surface area contributed by atoms with E-state index in [2.05, 4.69) is 63.8 Å². The molecule has 208 valence electrons. The zero-order valence-corrected chi connectivity index (χ0v) is 24.8. The molecule has 0 spiro atoms. The van der Waals surface area contributed by atoms with Crippen molar-refractivity contribution in [1.82, 2.24) is 19.4 Å². The normalized spacial score (nSPS) is 25.4. The third kappa shape index (κ3) is 5.02. The van der Waals surface area contributed by atoms with E-state index in [9.17, 15) is 4.79 Å². The molecule has 2 bridgehead atoms. The van der Waals surface area contributed by atoms with Gasteiger partial charge >= 0.3 is 0 Å². The molecule has 1 amide bonds. The van der Waals surface area contributed by atoms with E-state index in [1.807, 2.05) is 26.8 Å². The molecule has 3 aliphatic rings. The van der Waals surface area contributed by atoms with Crippen LogP contribution in [0.5, 0.6) is 0 Å². The number of aryl methyl sites for hydroxylation is 1. The van der Waals surface area contributed by atoms with Gasteiger partial charge < -0.3 is 9.47 Å². The highest BCUT2D eigenvalue weighted by atomic mass is 35.5. The summed E-state index contributed by atoms with van der Waals surface area (Å²) in [5.41, 5.74) is 3.47. The van der Waals surface area contributed by atoms with E-state index in [0.29, 0.717) is 18.1 Å². The molecule has 3 atom stereocenters. The molecule has 3 fully saturated rings. The van der Waals surface area contributed by atoms with E-state index >= 15 is 0 Å². The first kappa shape index (κ1) is 26.8. The molecule has 3 saturated heterocycles. The summed E-state index contributed by atoms with van der Waals surface area (Å²) >= 11 is 6.51. The van der Waals surface area contributed by atoms with Crippen molar-refractivity contribution in [2.24, 2.45) is 5.41 Å². The molecule has 4 heterocycles. The van der Waals surface area contributed by atoms with Gasteiger partial charge in [0.05, 0.1) is 11.0 Å². The minimum absolute atomic E-state index is 0.0625. The Bertz CT molecular complexity index is 1340. The number of para-hydroxylation sites is 2. The Balaban J connectivity index is 1.19. The standard InChI is InChI=1S/C33H43ClN4O/c1-23-35-29-10-5-6-11-30(29)38(23)28-21-26-12-13-27(22-28)37(26)19-16-33(24-8-7-9-25(34)20-24)14-17-36(18-15-33)31(39)32(2,3)4/h5-11,20,26-28H,12-19,21-22H2,1-4H3/t26-,27?,28?/m1/s1. The van der Waals surface area contributed by atoms with Crippen LogP contribution in [0, 0.1) is 12.3 Å². The number of benzene rings is 2. The fourth-order valence-corrected chi connectivity index (χ4v) is 8.09. The van der Waals surface area contributed by atoms with Gasteiger partial charge in [-0.05, 0) is 93.7 Å². The van der Waals surface area contributed by atoms with Crippen molar-refractivity contribution in [1.29, 1.82) is 0 Å². The van der Waals surface area contributed by atoms with Gasteiger partial charge in [0.1, 0.15) is 5.82 Å². The minimum atomic E-state index is -0.335. The predicted molar refractivity (Wildman–Crippen MR) is 159 cm³/mol. The third-order valence-electron chi connectivity index (χ3n) is 9.93. The first-order valence-corrected chi connectivity index (χ1v) is 15.3. The number of piperidine rings is 2. The monoisotopic (exact) mass is 546 g/mol. The molecule has 1 aromatic heterocycles. The highest BCUT2D eigenvalue weighted by Crippen LogP contribution is 2.45. The van der Waals surface area contributed by atoms with E-state index in [-0.39, 0.29) is 16.7 Å². The van der Waals surface area contributed by atoms with Crippen LogP contribution in [0.4, 0.5) is 0 Å². The molecular weight excluding hydrogens is 504 g/mol. The highest BCUT2D eigenvalue weighted by molar-refractivity contribution is 6.30. The second kappa shape index (κ2) is 10.2. The lowest BCUT2D eigenvalue weighted by Gasteiger charge is -2.46. The summed E-state index contributed by atoms with van der Waals surface area (Å²) in [5, 5.41) is 0.809. The number of carbonyl (C=O) groups is 1. The molecule has 2 unspecified atom stereocenters. The largest absolute Gasteiger partial charge is 0.342 e. The molecule has 39 heavy (non-hydrogen) atoms. The number of fused-ring (bicyclic) bond motifs is 3. The maximum absolute atomic E-state index is 13.0. The van der Waals surface area contributed by atoms with Crippen LogP contribution in [0.1, 0.15) is 83.1 Å². The maximum Gasteiger partial charge on any atom is 0.227 e. The predicted octanol–water partition coefficient (Wildman–Crippen LogP) is 7.16. The number of aromatic nitrogens is 2. The van der Waals surface area contributed by atoms with Gasteiger partial charge in [-0.1, -0.05) is 56.6 Å². The van der Waals surface area contributed by atoms with Gasteiger partial charge in [-0.3, -0.25) is 9.69 Å². The lowest BCUT2D eigenvalue weighted by Crippen LogP contribution is -2.50. The molecule has 3 aromatic rings. The molecule has 6 rings (SSSR count). The van der Waals surface area contributed by atoms with Gasteiger partial charge in [0.25, 0.3) is 0 Å². The second-order valence-electron chi connectivity index (χ2n) is 13.3. The van der Waals surface area contributed by atoms with Crippen LogP contribution in [0.15, 0.2) is 48.5 Å². The number of hydrogen-bond acceptors (Lipinski definition) is 3. The number of carbonyl (C=O) groups excluding carboxylic acids is 1. The van der Waals surface area contributed by atoms with Crippen molar-refractivity contribution in [2.45, 2.75) is 96.2 Å². The van der Waals surface area contributed by atoms with Gasteiger partial charge in [-0.15, -0.1) is 0 Å². The van der Waals surface area contributed by atoms with E-state index in [1.54, 1.807) is 0 Å². The summed E-state index contributed by atoms with van der Waals surface area (Å²) < 4.78 is 2.52. The number of hydrogen-bond donors (Lipinski definition) is 0. The molecule has 0 saturated carbocycles. The average molecular weight is 547 g/mol. The Morgan fingerprint density at radius 2 is 1.69 bits per heavy atom. The third-order valence-corrected chi connectivity index (χ3v) is 10.2. The molecule has 2 aromatic carbocycles. The van der Waals surface area contributed by atoms with Crippen molar-refractivity contribution >= 4 is 28.5 Å². The summed E-state index contributed by atoms with van der Waals surface area (Å²) in [5.74, 6) is 1.41. The molecule has 0 N–H and O–H groups in total. The number of likely N-dealkylation sites (tertiary alicyclic amines) is 1. The number of nitrogens with zero attached hydrogens (tertiary/aromatic N) is 4. The molecule has 0 radical (unpaired) electrons. The fraction of sp³-hybridized carbons (Fsp3) is 0.576. The van der Waals surface area contributed by atoms with Crippen LogP contribution >= 0.6 is 11.6 Å². The van der Waals surface area contributed by atoms with E-state index in [4.69, 9.17) is 16.6 Å². The zero-order chi connectivity index (χ0) is 27.4. The van der Waals surface area contributed by atoms with Crippen LogP contribution in [0.3, 0.4) is 0 Å². The number of rotatable bonds is 5. The zero-order valence-electron chi connectivity index (χ0n) is 24.0. The van der Waals surface area contributed by atoms with E-state index in [0.717, 1.165) is 55.3 Å². The van der Waals surface area contributed by atoms with Crippen molar-refractivity contribution < 1.29 is 4.79 Å². The number of halogens is 1. The van der Waals surface area contributed by atoms with Gasteiger partial charge in [-0.2, -0.15) is 0 Å². The summed E-state index contributed by atoms with van der Waals surface area (Å²) in [4.78, 5) is 22.8. The maximum atomic E-state index is 13.0. The van der Waals surface area contributed by atoms with Gasteiger partial charge in [0.2, 0.25) is 5.91 Å². The Morgan fingerprint density at radius 3 is 2.36 bits per heavy atom. The van der Waals surface area contributed by atoms with Gasteiger partial charge in [-0.25, -0.2) is 4.98 Å². The number of amides is 1. The van der Waals surface area contributed by atoms with Crippen molar-refractivity contribution in [3.8, 4) is 0 Å². The average Bonchev–Trinajstić information content (AvgIpc) is 3.37. The van der Waals surface area contributed by atoms with Crippen LogP contribution in [0.25, 0.3) is 11.0 Å². The van der Waals surface area contributed by atoms with E-state index < -0.39 is 0 Å². The molecule has 5 nitrogen and oxygen atoms in total. The quantitative estimate of drug-likeness (QED) is 0.341. The molecule has 6 heteroatoms. The van der Waals surface area contributed by atoms with Crippen LogP contribution in [-0.2, 0) is 10.2 Å². The van der Waals surface area contributed by atoms with Gasteiger partial charge in [0, 0.05) is 41.7 Å².